The van der Waals surface area contributed by atoms with Crippen LogP contribution >= 0.6 is 11.3 Å². The van der Waals surface area contributed by atoms with Crippen LogP contribution in [0, 0.1) is 5.92 Å². The zero-order valence-electron chi connectivity index (χ0n) is 8.26. The maximum Gasteiger partial charge on any atom is 0.315 e. The van der Waals surface area contributed by atoms with E-state index >= 15 is 0 Å². The van der Waals surface area contributed by atoms with E-state index in [9.17, 15) is 14.7 Å². The van der Waals surface area contributed by atoms with E-state index in [1.807, 2.05) is 5.38 Å². The Balaban J connectivity index is 2.66. The molecule has 0 N–H and O–H groups in total. The van der Waals surface area contributed by atoms with Crippen molar-refractivity contribution in [1.29, 1.82) is 0 Å². The Bertz CT molecular complexity index is 331. The first kappa shape index (κ1) is 11.7. The molecule has 1 rings (SSSR count). The third kappa shape index (κ3) is 3.36. The van der Waals surface area contributed by atoms with Crippen molar-refractivity contribution in [2.75, 3.05) is 6.61 Å². The fourth-order valence-electron chi connectivity index (χ4n) is 1.14. The Morgan fingerprint density at radius 2 is 2.33 bits per heavy atom. The molecule has 1 atom stereocenters. The molecule has 0 radical (unpaired) electrons. The van der Waals surface area contributed by atoms with E-state index in [-0.39, 0.29) is 13.0 Å². The predicted molar refractivity (Wildman–Crippen MR) is 53.2 cm³/mol. The van der Waals surface area contributed by atoms with E-state index in [2.05, 4.69) is 4.74 Å². The minimum absolute atomic E-state index is 0.138. The number of hydrogen-bond donors (Lipinski definition) is 0. The SMILES string of the molecule is CCOC(=O)C(Cc1cccs1)C(=O)[O-]. The molecule has 82 valence electrons. The van der Waals surface area contributed by atoms with Crippen LogP contribution in [-0.4, -0.2) is 18.5 Å². The summed E-state index contributed by atoms with van der Waals surface area (Å²) < 4.78 is 4.66. The zero-order chi connectivity index (χ0) is 11.3. The van der Waals surface area contributed by atoms with Gasteiger partial charge < -0.3 is 14.6 Å². The minimum atomic E-state index is -1.39. The fourth-order valence-corrected chi connectivity index (χ4v) is 1.89. The topological polar surface area (TPSA) is 66.4 Å². The summed E-state index contributed by atoms with van der Waals surface area (Å²) in [5.74, 6) is -3.32. The summed E-state index contributed by atoms with van der Waals surface area (Å²) in [4.78, 5) is 22.8. The van der Waals surface area contributed by atoms with Gasteiger partial charge in [0.05, 0.1) is 12.6 Å². The molecule has 1 unspecified atom stereocenters. The van der Waals surface area contributed by atoms with E-state index in [4.69, 9.17) is 0 Å². The number of aliphatic carboxylic acids is 1. The number of hydrogen-bond acceptors (Lipinski definition) is 5. The van der Waals surface area contributed by atoms with Crippen molar-refractivity contribution in [1.82, 2.24) is 0 Å². The first-order valence-corrected chi connectivity index (χ1v) is 5.43. The van der Waals surface area contributed by atoms with Gasteiger partial charge in [0.15, 0.2) is 0 Å². The molecule has 0 aliphatic rings. The van der Waals surface area contributed by atoms with Gasteiger partial charge in [-0.15, -0.1) is 11.3 Å². The maximum absolute atomic E-state index is 11.3. The average Bonchev–Trinajstić information content (AvgIpc) is 2.66. The van der Waals surface area contributed by atoms with Crippen LogP contribution in [0.1, 0.15) is 11.8 Å². The lowest BCUT2D eigenvalue weighted by molar-refractivity contribution is -0.310. The second-order valence-corrected chi connectivity index (χ2v) is 3.94. The van der Waals surface area contributed by atoms with Crippen LogP contribution in [0.5, 0.6) is 0 Å². The van der Waals surface area contributed by atoms with E-state index in [1.165, 1.54) is 11.3 Å². The molecule has 0 aliphatic carbocycles. The van der Waals surface area contributed by atoms with Crippen LogP contribution < -0.4 is 5.11 Å². The molecule has 1 heterocycles. The first-order chi connectivity index (χ1) is 7.15. The van der Waals surface area contributed by atoms with Crippen LogP contribution in [0.15, 0.2) is 17.5 Å². The van der Waals surface area contributed by atoms with Crippen molar-refractivity contribution in [3.05, 3.63) is 22.4 Å². The van der Waals surface area contributed by atoms with E-state index in [0.717, 1.165) is 4.88 Å². The molecule has 0 bridgehead atoms. The minimum Gasteiger partial charge on any atom is -0.549 e. The number of carbonyl (C=O) groups excluding carboxylic acids is 2. The molecular weight excluding hydrogens is 216 g/mol. The van der Waals surface area contributed by atoms with Gasteiger partial charge in [0.1, 0.15) is 5.92 Å². The Kier molecular flexibility index (Phi) is 4.30. The Labute approximate surface area is 91.5 Å². The Morgan fingerprint density at radius 1 is 1.60 bits per heavy atom. The van der Waals surface area contributed by atoms with Gasteiger partial charge in [0, 0.05) is 11.3 Å². The summed E-state index contributed by atoms with van der Waals surface area (Å²) in [5, 5.41) is 12.6. The molecule has 4 nitrogen and oxygen atoms in total. The van der Waals surface area contributed by atoms with Crippen molar-refractivity contribution in [3.63, 3.8) is 0 Å². The summed E-state index contributed by atoms with van der Waals surface area (Å²) in [7, 11) is 0. The number of carboxylic acids is 1. The van der Waals surface area contributed by atoms with Crippen molar-refractivity contribution in [3.8, 4) is 0 Å². The predicted octanol–water partition coefficient (Wildman–Crippen LogP) is 0.220. The highest BCUT2D eigenvalue weighted by atomic mass is 32.1. The smallest absolute Gasteiger partial charge is 0.315 e. The van der Waals surface area contributed by atoms with Crippen LogP contribution in [0.25, 0.3) is 0 Å². The molecule has 1 aromatic heterocycles. The molecule has 0 saturated carbocycles. The summed E-state index contributed by atoms with van der Waals surface area (Å²) in [5.41, 5.74) is 0. The summed E-state index contributed by atoms with van der Waals surface area (Å²) in [6.45, 7) is 1.81. The van der Waals surface area contributed by atoms with Crippen LogP contribution in [0.4, 0.5) is 0 Å². The highest BCUT2D eigenvalue weighted by Gasteiger charge is 2.21. The Hall–Kier alpha value is -1.36. The molecule has 15 heavy (non-hydrogen) atoms. The number of ether oxygens (including phenoxy) is 1. The van der Waals surface area contributed by atoms with Crippen LogP contribution in [0.2, 0.25) is 0 Å². The molecule has 0 aromatic carbocycles. The van der Waals surface area contributed by atoms with Crippen molar-refractivity contribution >= 4 is 23.3 Å². The van der Waals surface area contributed by atoms with Crippen molar-refractivity contribution in [2.45, 2.75) is 13.3 Å². The summed E-state index contributed by atoms with van der Waals surface area (Å²) >= 11 is 1.41. The molecule has 1 aromatic rings. The highest BCUT2D eigenvalue weighted by Crippen LogP contribution is 2.15. The highest BCUT2D eigenvalue weighted by molar-refractivity contribution is 7.09. The van der Waals surface area contributed by atoms with Crippen molar-refractivity contribution < 1.29 is 19.4 Å². The lowest BCUT2D eigenvalue weighted by atomic mass is 10.1. The fraction of sp³-hybridized carbons (Fsp3) is 0.400. The third-order valence-electron chi connectivity index (χ3n) is 1.84. The summed E-state index contributed by atoms with van der Waals surface area (Å²) in [6.07, 6.45) is 0.138. The molecule has 0 fully saturated rings. The van der Waals surface area contributed by atoms with Gasteiger partial charge in [-0.1, -0.05) is 6.07 Å². The van der Waals surface area contributed by atoms with Crippen LogP contribution in [-0.2, 0) is 20.7 Å². The van der Waals surface area contributed by atoms with Gasteiger partial charge in [0.2, 0.25) is 0 Å². The molecule has 0 spiro atoms. The van der Waals surface area contributed by atoms with Gasteiger partial charge >= 0.3 is 5.97 Å². The van der Waals surface area contributed by atoms with Gasteiger partial charge in [-0.3, -0.25) is 4.79 Å². The standard InChI is InChI=1S/C10H12O4S/c1-2-14-10(13)8(9(11)12)6-7-4-3-5-15-7/h3-5,8H,2,6H2,1H3,(H,11,12)/p-1. The van der Waals surface area contributed by atoms with Crippen molar-refractivity contribution in [2.24, 2.45) is 5.92 Å². The van der Waals surface area contributed by atoms with E-state index < -0.39 is 17.9 Å². The van der Waals surface area contributed by atoms with E-state index in [1.54, 1.807) is 19.1 Å². The second-order valence-electron chi connectivity index (χ2n) is 2.91. The number of esters is 1. The lowest BCUT2D eigenvalue weighted by Gasteiger charge is -2.15. The number of carboxylic acid groups (broad SMARTS) is 1. The van der Waals surface area contributed by atoms with Gasteiger partial charge in [0.25, 0.3) is 0 Å². The zero-order valence-corrected chi connectivity index (χ0v) is 9.08. The van der Waals surface area contributed by atoms with Crippen LogP contribution in [0.3, 0.4) is 0 Å². The normalized spacial score (nSPS) is 12.1. The average molecular weight is 227 g/mol. The molecule has 0 saturated heterocycles. The molecule has 0 amide bonds. The largest absolute Gasteiger partial charge is 0.549 e. The number of rotatable bonds is 5. The molecular formula is C10H11O4S-. The quantitative estimate of drug-likeness (QED) is 0.533. The molecule has 0 aliphatic heterocycles. The third-order valence-corrected chi connectivity index (χ3v) is 2.74. The maximum atomic E-state index is 11.3. The lowest BCUT2D eigenvalue weighted by Crippen LogP contribution is -2.38. The molecule has 5 heteroatoms. The van der Waals surface area contributed by atoms with E-state index in [0.29, 0.717) is 0 Å². The Morgan fingerprint density at radius 3 is 2.80 bits per heavy atom. The second kappa shape index (κ2) is 5.50. The first-order valence-electron chi connectivity index (χ1n) is 4.55. The van der Waals surface area contributed by atoms with Gasteiger partial charge in [-0.2, -0.15) is 0 Å². The monoisotopic (exact) mass is 227 g/mol. The van der Waals surface area contributed by atoms with Gasteiger partial charge in [-0.25, -0.2) is 0 Å². The van der Waals surface area contributed by atoms with Gasteiger partial charge in [-0.05, 0) is 18.4 Å². The number of thiophene rings is 1. The number of carbonyl (C=O) groups is 2. The summed E-state index contributed by atoms with van der Waals surface area (Å²) in [6, 6.07) is 3.58.